The summed E-state index contributed by atoms with van der Waals surface area (Å²) in [6.07, 6.45) is 0.358. The molecule has 7 heteroatoms. The molecule has 7 nitrogen and oxygen atoms in total. The van der Waals surface area contributed by atoms with Gasteiger partial charge in [-0.3, -0.25) is 0 Å². The second kappa shape index (κ2) is 5.50. The molecule has 104 valence electrons. The Labute approximate surface area is 110 Å². The first-order valence-electron chi connectivity index (χ1n) is 6.05. The van der Waals surface area contributed by atoms with Gasteiger partial charge in [0.1, 0.15) is 11.4 Å². The van der Waals surface area contributed by atoms with E-state index in [-0.39, 0.29) is 11.8 Å². The van der Waals surface area contributed by atoms with Crippen LogP contribution in [0.3, 0.4) is 0 Å². The topological polar surface area (TPSA) is 93.6 Å². The molecule has 2 N–H and O–H groups in total. The van der Waals surface area contributed by atoms with Gasteiger partial charge in [0.15, 0.2) is 5.69 Å². The molecule has 0 saturated carbocycles. The maximum absolute atomic E-state index is 11.2. The van der Waals surface area contributed by atoms with Crippen molar-refractivity contribution in [1.82, 2.24) is 10.2 Å². The van der Waals surface area contributed by atoms with Crippen LogP contribution in [0.4, 0.5) is 5.82 Å². The summed E-state index contributed by atoms with van der Waals surface area (Å²) in [5, 5.41) is 20.9. The number of anilines is 1. The first-order valence-corrected chi connectivity index (χ1v) is 6.05. The lowest BCUT2D eigenvalue weighted by Crippen LogP contribution is -2.43. The van der Waals surface area contributed by atoms with Crippen molar-refractivity contribution in [2.45, 2.75) is 25.0 Å². The van der Waals surface area contributed by atoms with Crippen molar-refractivity contribution >= 4 is 11.8 Å². The Kier molecular flexibility index (Phi) is 3.96. The monoisotopic (exact) mass is 267 g/mol. The van der Waals surface area contributed by atoms with Crippen molar-refractivity contribution in [3.05, 3.63) is 17.8 Å². The van der Waals surface area contributed by atoms with Crippen molar-refractivity contribution in [2.24, 2.45) is 0 Å². The number of hydrogen-bond acceptors (Lipinski definition) is 7. The Morgan fingerprint density at radius 2 is 2.42 bits per heavy atom. The van der Waals surface area contributed by atoms with Gasteiger partial charge in [0.2, 0.25) is 0 Å². The van der Waals surface area contributed by atoms with Crippen LogP contribution in [0.15, 0.2) is 12.1 Å². The number of carbonyl (C=O) groups is 1. The van der Waals surface area contributed by atoms with E-state index in [1.807, 2.05) is 6.92 Å². The van der Waals surface area contributed by atoms with E-state index in [2.05, 4.69) is 20.3 Å². The molecule has 2 rings (SSSR count). The molecule has 1 aliphatic heterocycles. The van der Waals surface area contributed by atoms with Gasteiger partial charge in [0.25, 0.3) is 0 Å². The lowest BCUT2D eigenvalue weighted by Gasteiger charge is -2.26. The zero-order valence-electron chi connectivity index (χ0n) is 10.9. The van der Waals surface area contributed by atoms with Crippen molar-refractivity contribution in [3.8, 4) is 0 Å². The highest BCUT2D eigenvalue weighted by molar-refractivity contribution is 5.86. The number of nitrogens with one attached hydrogen (secondary N) is 1. The van der Waals surface area contributed by atoms with E-state index in [1.165, 1.54) is 13.2 Å². The number of esters is 1. The minimum atomic E-state index is -0.900. The van der Waals surface area contributed by atoms with Crippen LogP contribution in [-0.4, -0.2) is 53.2 Å². The number of aromatic nitrogens is 2. The van der Waals surface area contributed by atoms with Crippen molar-refractivity contribution < 1.29 is 19.4 Å². The van der Waals surface area contributed by atoms with Crippen molar-refractivity contribution in [3.63, 3.8) is 0 Å². The highest BCUT2D eigenvalue weighted by Crippen LogP contribution is 2.25. The number of hydrogen-bond donors (Lipinski definition) is 2. The van der Waals surface area contributed by atoms with E-state index in [4.69, 9.17) is 4.74 Å². The molecule has 1 saturated heterocycles. The zero-order chi connectivity index (χ0) is 13.9. The number of aliphatic hydroxyl groups is 1. The molecule has 0 spiro atoms. The third-order valence-electron chi connectivity index (χ3n) is 3.29. The first kappa shape index (κ1) is 13.7. The van der Waals surface area contributed by atoms with E-state index in [1.54, 1.807) is 6.07 Å². The second-order valence-corrected chi connectivity index (χ2v) is 4.52. The molecule has 2 heterocycles. The summed E-state index contributed by atoms with van der Waals surface area (Å²) in [4.78, 5) is 11.2. The minimum Gasteiger partial charge on any atom is -0.464 e. The predicted molar refractivity (Wildman–Crippen MR) is 66.8 cm³/mol. The van der Waals surface area contributed by atoms with E-state index in [0.717, 1.165) is 0 Å². The van der Waals surface area contributed by atoms with E-state index < -0.39 is 11.6 Å². The SMILES string of the molecule is COC(=O)c1ccc(NCC2(O)CCOC2C)nn1. The third-order valence-corrected chi connectivity index (χ3v) is 3.29. The summed E-state index contributed by atoms with van der Waals surface area (Å²) in [6, 6.07) is 3.13. The van der Waals surface area contributed by atoms with Gasteiger partial charge in [-0.25, -0.2) is 4.79 Å². The Morgan fingerprint density at radius 3 is 2.95 bits per heavy atom. The molecule has 0 aromatic carbocycles. The Hall–Kier alpha value is -1.73. The van der Waals surface area contributed by atoms with E-state index >= 15 is 0 Å². The molecular weight excluding hydrogens is 250 g/mol. The predicted octanol–water partition coefficient (Wildman–Crippen LogP) is 0.215. The summed E-state index contributed by atoms with van der Waals surface area (Å²) in [5.74, 6) is -0.0457. The molecule has 2 unspecified atom stereocenters. The largest absolute Gasteiger partial charge is 0.464 e. The fourth-order valence-corrected chi connectivity index (χ4v) is 1.89. The van der Waals surface area contributed by atoms with Crippen LogP contribution in [0, 0.1) is 0 Å². The molecule has 1 aromatic heterocycles. The van der Waals surface area contributed by atoms with Crippen LogP contribution < -0.4 is 5.32 Å². The molecule has 0 bridgehead atoms. The zero-order valence-corrected chi connectivity index (χ0v) is 10.9. The second-order valence-electron chi connectivity index (χ2n) is 4.52. The highest BCUT2D eigenvalue weighted by atomic mass is 16.5. The fourth-order valence-electron chi connectivity index (χ4n) is 1.89. The number of carbonyl (C=O) groups excluding carboxylic acids is 1. The van der Waals surface area contributed by atoms with Crippen molar-refractivity contribution in [2.75, 3.05) is 25.6 Å². The lowest BCUT2D eigenvalue weighted by molar-refractivity contribution is -0.0176. The van der Waals surface area contributed by atoms with Crippen LogP contribution in [0.1, 0.15) is 23.8 Å². The maximum atomic E-state index is 11.2. The first-order chi connectivity index (χ1) is 9.05. The third kappa shape index (κ3) is 2.99. The maximum Gasteiger partial charge on any atom is 0.358 e. The molecule has 0 amide bonds. The fraction of sp³-hybridized carbons (Fsp3) is 0.583. The van der Waals surface area contributed by atoms with Gasteiger partial charge in [-0.05, 0) is 19.1 Å². The van der Waals surface area contributed by atoms with Crippen molar-refractivity contribution in [1.29, 1.82) is 0 Å². The van der Waals surface area contributed by atoms with Crippen LogP contribution >= 0.6 is 0 Å². The number of nitrogens with zero attached hydrogens (tertiary/aromatic N) is 2. The van der Waals surface area contributed by atoms with Gasteiger partial charge >= 0.3 is 5.97 Å². The van der Waals surface area contributed by atoms with Gasteiger partial charge in [-0.15, -0.1) is 10.2 Å². The number of rotatable bonds is 4. The summed E-state index contributed by atoms with van der Waals surface area (Å²) in [6.45, 7) is 2.70. The molecule has 1 fully saturated rings. The highest BCUT2D eigenvalue weighted by Gasteiger charge is 2.39. The molecule has 2 atom stereocenters. The average molecular weight is 267 g/mol. The van der Waals surface area contributed by atoms with Crippen LogP contribution in [0.2, 0.25) is 0 Å². The van der Waals surface area contributed by atoms with E-state index in [0.29, 0.717) is 25.4 Å². The van der Waals surface area contributed by atoms with Gasteiger partial charge in [0.05, 0.1) is 13.2 Å². The van der Waals surface area contributed by atoms with Crippen LogP contribution in [0.25, 0.3) is 0 Å². The minimum absolute atomic E-state index is 0.143. The smallest absolute Gasteiger partial charge is 0.358 e. The summed E-state index contributed by atoms with van der Waals surface area (Å²) >= 11 is 0. The van der Waals surface area contributed by atoms with Gasteiger partial charge < -0.3 is 19.9 Å². The van der Waals surface area contributed by atoms with Crippen LogP contribution in [-0.2, 0) is 9.47 Å². The number of ether oxygens (including phenoxy) is 2. The molecule has 19 heavy (non-hydrogen) atoms. The summed E-state index contributed by atoms with van der Waals surface area (Å²) < 4.78 is 9.86. The van der Waals surface area contributed by atoms with E-state index in [9.17, 15) is 9.90 Å². The van der Waals surface area contributed by atoms with Gasteiger partial charge in [0, 0.05) is 19.6 Å². The lowest BCUT2D eigenvalue weighted by atomic mass is 9.97. The number of methoxy groups -OCH3 is 1. The molecule has 1 aromatic rings. The molecule has 1 aliphatic rings. The van der Waals surface area contributed by atoms with Gasteiger partial charge in [-0.1, -0.05) is 0 Å². The normalized spacial score (nSPS) is 26.2. The quantitative estimate of drug-likeness (QED) is 0.753. The summed E-state index contributed by atoms with van der Waals surface area (Å²) in [5.41, 5.74) is -0.757. The summed E-state index contributed by atoms with van der Waals surface area (Å²) in [7, 11) is 1.28. The average Bonchev–Trinajstić information content (AvgIpc) is 2.77. The molecule has 0 aliphatic carbocycles. The Balaban J connectivity index is 1.95. The molecular formula is C12H17N3O4. The van der Waals surface area contributed by atoms with Gasteiger partial charge in [-0.2, -0.15) is 0 Å². The Bertz CT molecular complexity index is 451. The standard InChI is InChI=1S/C12H17N3O4/c1-8-12(17,5-6-19-8)7-13-10-4-3-9(14-15-10)11(16)18-2/h3-4,8,17H,5-7H2,1-2H3,(H,13,15). The molecule has 0 radical (unpaired) electrons. The van der Waals surface area contributed by atoms with Crippen LogP contribution in [0.5, 0.6) is 0 Å². The Morgan fingerprint density at radius 1 is 1.63 bits per heavy atom.